The Balaban J connectivity index is 2.05. The summed E-state index contributed by atoms with van der Waals surface area (Å²) in [6, 6.07) is 3.40. The van der Waals surface area contributed by atoms with Gasteiger partial charge < -0.3 is 5.73 Å². The zero-order chi connectivity index (χ0) is 13.6. The molecule has 7 nitrogen and oxygen atoms in total. The average Bonchev–Trinajstić information content (AvgIpc) is 3.05. The number of nitrogens with one attached hydrogen (secondary N) is 1. The van der Waals surface area contributed by atoms with Gasteiger partial charge in [0.05, 0.1) is 5.69 Å². The van der Waals surface area contributed by atoms with Crippen molar-refractivity contribution in [2.24, 2.45) is 0 Å². The summed E-state index contributed by atoms with van der Waals surface area (Å²) in [5.41, 5.74) is 7.67. The summed E-state index contributed by atoms with van der Waals surface area (Å²) in [6.45, 7) is 0. The third-order valence-corrected chi connectivity index (χ3v) is 3.78. The third kappa shape index (κ3) is 2.43. The number of sulfone groups is 1. The maximum atomic E-state index is 11.5. The molecule has 2 heterocycles. The fourth-order valence-corrected chi connectivity index (χ4v) is 2.35. The van der Waals surface area contributed by atoms with Gasteiger partial charge in [0.25, 0.3) is 0 Å². The number of rotatable bonds is 3. The first kappa shape index (κ1) is 12.1. The maximum Gasteiger partial charge on any atom is 0.249 e. The predicted molar refractivity (Wildman–Crippen MR) is 69.1 cm³/mol. The summed E-state index contributed by atoms with van der Waals surface area (Å²) < 4.78 is 23.0. The number of aromatic amines is 1. The minimum atomic E-state index is -3.49. The van der Waals surface area contributed by atoms with Gasteiger partial charge in [-0.1, -0.05) is 0 Å². The second kappa shape index (κ2) is 4.02. The molecular weight excluding hydrogens is 266 g/mol. The molecule has 1 fully saturated rings. The van der Waals surface area contributed by atoms with Gasteiger partial charge in [-0.25, -0.2) is 18.4 Å². The van der Waals surface area contributed by atoms with E-state index in [0.29, 0.717) is 17.3 Å². The highest BCUT2D eigenvalue weighted by Gasteiger charge is 2.26. The van der Waals surface area contributed by atoms with Gasteiger partial charge in [-0.15, -0.1) is 0 Å². The predicted octanol–water partition coefficient (Wildman–Crippen LogP) is 0.730. The molecule has 0 atom stereocenters. The molecule has 100 valence electrons. The van der Waals surface area contributed by atoms with Crippen LogP contribution in [-0.4, -0.2) is 34.8 Å². The number of hydrogen-bond donors (Lipinski definition) is 2. The first-order chi connectivity index (χ1) is 8.93. The Bertz CT molecular complexity index is 733. The molecule has 0 amide bonds. The summed E-state index contributed by atoms with van der Waals surface area (Å²) >= 11 is 0. The lowest BCUT2D eigenvalue weighted by Crippen LogP contribution is -2.07. The zero-order valence-electron chi connectivity index (χ0n) is 10.3. The van der Waals surface area contributed by atoms with Crippen molar-refractivity contribution < 1.29 is 8.42 Å². The van der Waals surface area contributed by atoms with Crippen LogP contribution in [0.1, 0.15) is 24.5 Å². The number of nitrogens with zero attached hydrogens (tertiary/aromatic N) is 3. The molecule has 2 aromatic heterocycles. The number of aromatic nitrogens is 4. The number of anilines is 1. The Labute approximate surface area is 110 Å². The number of nitrogens with two attached hydrogens (primary N) is 1. The molecule has 3 rings (SSSR count). The van der Waals surface area contributed by atoms with Crippen molar-refractivity contribution in [3.63, 3.8) is 0 Å². The van der Waals surface area contributed by atoms with Gasteiger partial charge in [-0.2, -0.15) is 5.10 Å². The van der Waals surface area contributed by atoms with Crippen LogP contribution in [0.3, 0.4) is 0 Å². The average molecular weight is 279 g/mol. The van der Waals surface area contributed by atoms with Gasteiger partial charge in [0.15, 0.2) is 0 Å². The summed E-state index contributed by atoms with van der Waals surface area (Å²) in [4.78, 5) is 7.73. The minimum Gasteiger partial charge on any atom is -0.384 e. The third-order valence-electron chi connectivity index (χ3n) is 2.93. The summed E-state index contributed by atoms with van der Waals surface area (Å²) in [5.74, 6) is 0.649. The Morgan fingerprint density at radius 3 is 2.63 bits per heavy atom. The molecule has 1 aliphatic rings. The van der Waals surface area contributed by atoms with E-state index in [9.17, 15) is 8.42 Å². The first-order valence-electron chi connectivity index (χ1n) is 5.84. The Morgan fingerprint density at radius 2 is 2.00 bits per heavy atom. The molecule has 0 bridgehead atoms. The van der Waals surface area contributed by atoms with Crippen LogP contribution in [0.4, 0.5) is 5.82 Å². The molecule has 3 N–H and O–H groups in total. The van der Waals surface area contributed by atoms with Crippen LogP contribution in [0.25, 0.3) is 11.4 Å². The monoisotopic (exact) mass is 279 g/mol. The molecule has 0 unspecified atom stereocenters. The lowest BCUT2D eigenvalue weighted by molar-refractivity contribution is 0.593. The summed E-state index contributed by atoms with van der Waals surface area (Å²) in [7, 11) is -3.49. The van der Waals surface area contributed by atoms with Crippen LogP contribution in [0, 0.1) is 0 Å². The van der Waals surface area contributed by atoms with Crippen molar-refractivity contribution in [2.45, 2.75) is 23.9 Å². The normalized spacial score (nSPS) is 15.6. The van der Waals surface area contributed by atoms with E-state index in [1.54, 1.807) is 0 Å². The molecule has 2 aromatic rings. The second-order valence-corrected chi connectivity index (χ2v) is 6.63. The zero-order valence-corrected chi connectivity index (χ0v) is 11.1. The van der Waals surface area contributed by atoms with Gasteiger partial charge in [-0.05, 0) is 18.9 Å². The van der Waals surface area contributed by atoms with Crippen LogP contribution >= 0.6 is 0 Å². The van der Waals surface area contributed by atoms with Crippen molar-refractivity contribution in [1.82, 2.24) is 20.2 Å². The molecule has 1 aliphatic carbocycles. The van der Waals surface area contributed by atoms with E-state index in [0.717, 1.165) is 24.8 Å². The lowest BCUT2D eigenvalue weighted by Gasteiger charge is -2.01. The van der Waals surface area contributed by atoms with E-state index in [2.05, 4.69) is 20.2 Å². The van der Waals surface area contributed by atoms with Crippen LogP contribution < -0.4 is 5.73 Å². The van der Waals surface area contributed by atoms with Crippen LogP contribution in [0.5, 0.6) is 0 Å². The van der Waals surface area contributed by atoms with Gasteiger partial charge in [0.1, 0.15) is 11.5 Å². The van der Waals surface area contributed by atoms with E-state index < -0.39 is 9.84 Å². The van der Waals surface area contributed by atoms with Crippen molar-refractivity contribution in [2.75, 3.05) is 12.0 Å². The minimum absolute atomic E-state index is 0.112. The molecule has 8 heteroatoms. The largest absolute Gasteiger partial charge is 0.384 e. The van der Waals surface area contributed by atoms with Gasteiger partial charge in [-0.3, -0.25) is 5.10 Å². The summed E-state index contributed by atoms with van der Waals surface area (Å²) in [5, 5.41) is 6.81. The molecule has 19 heavy (non-hydrogen) atoms. The molecular formula is C11H13N5O2S. The van der Waals surface area contributed by atoms with Gasteiger partial charge in [0, 0.05) is 23.9 Å². The quantitative estimate of drug-likeness (QED) is 0.800. The smallest absolute Gasteiger partial charge is 0.249 e. The van der Waals surface area contributed by atoms with Crippen molar-refractivity contribution in [1.29, 1.82) is 0 Å². The SMILES string of the molecule is CS(=O)(=O)c1nc(N)cc(-c2cc(C3CC3)[nH]n2)n1. The van der Waals surface area contributed by atoms with Crippen LogP contribution in [-0.2, 0) is 9.84 Å². The molecule has 0 spiro atoms. The number of nitrogen functional groups attached to an aromatic ring is 1. The Kier molecular flexibility index (Phi) is 2.56. The van der Waals surface area contributed by atoms with E-state index in [1.807, 2.05) is 6.07 Å². The molecule has 1 saturated carbocycles. The molecule has 0 radical (unpaired) electrons. The maximum absolute atomic E-state index is 11.5. The van der Waals surface area contributed by atoms with Crippen molar-refractivity contribution in [3.8, 4) is 11.4 Å². The number of H-pyrrole nitrogens is 1. The first-order valence-corrected chi connectivity index (χ1v) is 7.73. The topological polar surface area (TPSA) is 115 Å². The molecule has 0 saturated heterocycles. The number of hydrogen-bond acceptors (Lipinski definition) is 6. The van der Waals surface area contributed by atoms with E-state index in [4.69, 9.17) is 5.73 Å². The Morgan fingerprint density at radius 1 is 1.26 bits per heavy atom. The van der Waals surface area contributed by atoms with Crippen LogP contribution in [0.2, 0.25) is 0 Å². The lowest BCUT2D eigenvalue weighted by atomic mass is 10.2. The van der Waals surface area contributed by atoms with Gasteiger partial charge in [0.2, 0.25) is 15.0 Å². The second-order valence-electron chi connectivity index (χ2n) is 4.72. The summed E-state index contributed by atoms with van der Waals surface area (Å²) in [6.07, 6.45) is 3.36. The van der Waals surface area contributed by atoms with Crippen molar-refractivity contribution >= 4 is 15.7 Å². The molecule has 0 aromatic carbocycles. The highest BCUT2D eigenvalue weighted by atomic mass is 32.2. The van der Waals surface area contributed by atoms with E-state index in [1.165, 1.54) is 6.07 Å². The van der Waals surface area contributed by atoms with E-state index >= 15 is 0 Å². The fourth-order valence-electron chi connectivity index (χ4n) is 1.81. The fraction of sp³-hybridized carbons (Fsp3) is 0.364. The van der Waals surface area contributed by atoms with Gasteiger partial charge >= 0.3 is 0 Å². The standard InChI is InChI=1S/C11H13N5O2S/c1-19(17,18)11-13-8(5-10(12)14-11)9-4-7(15-16-9)6-2-3-6/h4-6H,2-3H2,1H3,(H,15,16)(H2,12,13,14). The Hall–Kier alpha value is -1.96. The van der Waals surface area contributed by atoms with Crippen molar-refractivity contribution in [3.05, 3.63) is 17.8 Å². The van der Waals surface area contributed by atoms with Crippen LogP contribution in [0.15, 0.2) is 17.3 Å². The molecule has 0 aliphatic heterocycles. The highest BCUT2D eigenvalue weighted by molar-refractivity contribution is 7.90. The highest BCUT2D eigenvalue weighted by Crippen LogP contribution is 2.39. The van der Waals surface area contributed by atoms with E-state index in [-0.39, 0.29) is 11.0 Å².